The van der Waals surface area contributed by atoms with Crippen LogP contribution in [0.25, 0.3) is 0 Å². The van der Waals surface area contributed by atoms with Gasteiger partial charge in [0.2, 0.25) is 0 Å². The van der Waals surface area contributed by atoms with Crippen molar-refractivity contribution >= 4 is 17.9 Å². The van der Waals surface area contributed by atoms with Gasteiger partial charge in [-0.25, -0.2) is 0 Å². The molecule has 0 bridgehead atoms. The van der Waals surface area contributed by atoms with Crippen LogP contribution < -0.4 is 17.2 Å². The summed E-state index contributed by atoms with van der Waals surface area (Å²) >= 11 is 0. The molecule has 0 aliphatic rings. The van der Waals surface area contributed by atoms with Crippen molar-refractivity contribution in [1.82, 2.24) is 0 Å². The third-order valence-corrected chi connectivity index (χ3v) is 2.00. The van der Waals surface area contributed by atoms with Crippen molar-refractivity contribution in [2.45, 2.75) is 37.8 Å². The van der Waals surface area contributed by atoms with Gasteiger partial charge < -0.3 is 32.5 Å². The fourth-order valence-corrected chi connectivity index (χ4v) is 0.908. The molecule has 0 heterocycles. The van der Waals surface area contributed by atoms with Gasteiger partial charge in [0.05, 0.1) is 6.42 Å². The van der Waals surface area contributed by atoms with Crippen molar-refractivity contribution in [2.75, 3.05) is 6.54 Å². The minimum Gasteiger partial charge on any atom is -0.481 e. The lowest BCUT2D eigenvalue weighted by atomic mass is 10.1. The van der Waals surface area contributed by atoms with E-state index in [4.69, 9.17) is 32.5 Å². The van der Waals surface area contributed by atoms with Gasteiger partial charge in [-0.15, -0.1) is 0 Å². The average molecular weight is 279 g/mol. The van der Waals surface area contributed by atoms with Gasteiger partial charge in [0, 0.05) is 0 Å². The summed E-state index contributed by atoms with van der Waals surface area (Å²) in [6.07, 6.45) is 1.63. The summed E-state index contributed by atoms with van der Waals surface area (Å²) in [7, 11) is 0. The molecule has 9 heteroatoms. The Balaban J connectivity index is 0. The molecule has 0 unspecified atom stereocenters. The standard InChI is InChI=1S/C6H14N2O2.C4H7NO4/c7-4-2-1-3-5(8)6(9)10;5-2(4(8)9)1-3(6)7/h5H,1-4,7-8H2,(H,9,10);2H,1,5H2,(H,6,7)(H,8,9)/t5-;2-/m10/s1. The maximum Gasteiger partial charge on any atom is 0.321 e. The summed E-state index contributed by atoms with van der Waals surface area (Å²) in [5, 5.41) is 24.4. The normalized spacial score (nSPS) is 12.8. The second kappa shape index (κ2) is 11.4. The molecule has 0 aromatic rings. The summed E-state index contributed by atoms with van der Waals surface area (Å²) in [5.41, 5.74) is 15.3. The topological polar surface area (TPSA) is 190 Å². The van der Waals surface area contributed by atoms with Crippen LogP contribution in [0.2, 0.25) is 0 Å². The van der Waals surface area contributed by atoms with Crippen molar-refractivity contribution in [1.29, 1.82) is 0 Å². The zero-order chi connectivity index (χ0) is 15.4. The van der Waals surface area contributed by atoms with Crippen LogP contribution in [-0.2, 0) is 14.4 Å². The summed E-state index contributed by atoms with van der Waals surface area (Å²) < 4.78 is 0. The maximum absolute atomic E-state index is 10.1. The van der Waals surface area contributed by atoms with E-state index in [0.717, 1.165) is 12.8 Å². The number of carbonyl (C=O) groups is 3. The molecule has 0 aliphatic heterocycles. The molecule has 0 rings (SSSR count). The van der Waals surface area contributed by atoms with Gasteiger partial charge in [-0.3, -0.25) is 14.4 Å². The van der Waals surface area contributed by atoms with E-state index in [0.29, 0.717) is 13.0 Å². The first-order chi connectivity index (χ1) is 8.72. The fourth-order valence-electron chi connectivity index (χ4n) is 0.908. The molecular formula is C10H21N3O6. The Morgan fingerprint density at radius 2 is 1.37 bits per heavy atom. The van der Waals surface area contributed by atoms with E-state index in [1.54, 1.807) is 0 Å². The highest BCUT2D eigenvalue weighted by atomic mass is 16.4. The van der Waals surface area contributed by atoms with Crippen LogP contribution in [0.15, 0.2) is 0 Å². The van der Waals surface area contributed by atoms with Gasteiger partial charge in [-0.1, -0.05) is 6.42 Å². The Hall–Kier alpha value is -1.71. The van der Waals surface area contributed by atoms with Crippen LogP contribution in [0.5, 0.6) is 0 Å². The first kappa shape index (κ1) is 19.6. The summed E-state index contributed by atoms with van der Waals surface area (Å²) in [4.78, 5) is 29.8. The SMILES string of the molecule is NCCCC[C@@H](N)C(=O)O.N[C@@H](CC(=O)O)C(=O)O. The van der Waals surface area contributed by atoms with Crippen LogP contribution in [0.3, 0.4) is 0 Å². The smallest absolute Gasteiger partial charge is 0.321 e. The van der Waals surface area contributed by atoms with Gasteiger partial charge in [-0.05, 0) is 19.4 Å². The highest BCUT2D eigenvalue weighted by Crippen LogP contribution is 1.96. The van der Waals surface area contributed by atoms with E-state index >= 15 is 0 Å². The Kier molecular flexibility index (Phi) is 11.8. The Morgan fingerprint density at radius 3 is 1.63 bits per heavy atom. The molecule has 0 spiro atoms. The van der Waals surface area contributed by atoms with Crippen LogP contribution >= 0.6 is 0 Å². The lowest BCUT2D eigenvalue weighted by Crippen LogP contribution is -2.32. The molecule has 19 heavy (non-hydrogen) atoms. The van der Waals surface area contributed by atoms with Gasteiger partial charge in [0.25, 0.3) is 0 Å². The van der Waals surface area contributed by atoms with E-state index in [-0.39, 0.29) is 0 Å². The molecule has 9 N–H and O–H groups in total. The van der Waals surface area contributed by atoms with E-state index < -0.39 is 36.4 Å². The van der Waals surface area contributed by atoms with Crippen LogP contribution in [0, 0.1) is 0 Å². The number of carboxylic acids is 3. The third-order valence-electron chi connectivity index (χ3n) is 2.00. The highest BCUT2D eigenvalue weighted by Gasteiger charge is 2.14. The summed E-state index contributed by atoms with van der Waals surface area (Å²) in [6, 6.07) is -2.01. The fraction of sp³-hybridized carbons (Fsp3) is 0.700. The van der Waals surface area contributed by atoms with Crippen molar-refractivity contribution < 1.29 is 29.7 Å². The molecule has 9 nitrogen and oxygen atoms in total. The van der Waals surface area contributed by atoms with E-state index in [2.05, 4.69) is 0 Å². The third kappa shape index (κ3) is 14.2. The monoisotopic (exact) mass is 279 g/mol. The number of carboxylic acid groups (broad SMARTS) is 3. The molecule has 0 aromatic carbocycles. The predicted octanol–water partition coefficient (Wildman–Crippen LogP) is -1.60. The van der Waals surface area contributed by atoms with Crippen molar-refractivity contribution in [3.63, 3.8) is 0 Å². The number of nitrogens with two attached hydrogens (primary N) is 3. The summed E-state index contributed by atoms with van der Waals surface area (Å²) in [5.74, 6) is -3.43. The largest absolute Gasteiger partial charge is 0.481 e. The number of unbranched alkanes of at least 4 members (excludes halogenated alkanes) is 1. The number of hydrogen-bond donors (Lipinski definition) is 6. The van der Waals surface area contributed by atoms with Crippen molar-refractivity contribution in [3.05, 3.63) is 0 Å². The highest BCUT2D eigenvalue weighted by molar-refractivity contribution is 5.80. The molecule has 2 atom stereocenters. The number of hydrogen-bond acceptors (Lipinski definition) is 6. The molecule has 0 aliphatic carbocycles. The van der Waals surface area contributed by atoms with Crippen molar-refractivity contribution in [2.24, 2.45) is 17.2 Å². The predicted molar refractivity (Wildman–Crippen MR) is 66.4 cm³/mol. The van der Waals surface area contributed by atoms with Crippen LogP contribution in [0.4, 0.5) is 0 Å². The zero-order valence-electron chi connectivity index (χ0n) is 10.5. The first-order valence-corrected chi connectivity index (χ1v) is 5.61. The summed E-state index contributed by atoms with van der Waals surface area (Å²) in [6.45, 7) is 0.604. The second-order valence-electron chi connectivity index (χ2n) is 3.77. The molecule has 0 fully saturated rings. The number of rotatable bonds is 8. The molecular weight excluding hydrogens is 258 g/mol. The van der Waals surface area contributed by atoms with Gasteiger partial charge >= 0.3 is 17.9 Å². The van der Waals surface area contributed by atoms with E-state index in [1.165, 1.54) is 0 Å². The van der Waals surface area contributed by atoms with E-state index in [9.17, 15) is 14.4 Å². The molecule has 0 saturated heterocycles. The molecule has 112 valence electrons. The second-order valence-corrected chi connectivity index (χ2v) is 3.77. The van der Waals surface area contributed by atoms with E-state index in [1.807, 2.05) is 0 Å². The lowest BCUT2D eigenvalue weighted by molar-refractivity contribution is -0.144. The lowest BCUT2D eigenvalue weighted by Gasteiger charge is -2.03. The Morgan fingerprint density at radius 1 is 0.895 bits per heavy atom. The molecule has 0 aromatic heterocycles. The van der Waals surface area contributed by atoms with Crippen LogP contribution in [-0.4, -0.2) is 51.9 Å². The van der Waals surface area contributed by atoms with Crippen LogP contribution in [0.1, 0.15) is 25.7 Å². The molecule has 0 radical (unpaired) electrons. The Labute approximate surface area is 110 Å². The minimum atomic E-state index is -1.29. The first-order valence-electron chi connectivity index (χ1n) is 5.61. The molecule has 0 amide bonds. The van der Waals surface area contributed by atoms with Crippen molar-refractivity contribution in [3.8, 4) is 0 Å². The van der Waals surface area contributed by atoms with Gasteiger partial charge in [-0.2, -0.15) is 0 Å². The number of aliphatic carboxylic acids is 3. The van der Waals surface area contributed by atoms with Gasteiger partial charge in [0.15, 0.2) is 0 Å². The molecule has 0 saturated carbocycles. The van der Waals surface area contributed by atoms with Gasteiger partial charge in [0.1, 0.15) is 12.1 Å². The minimum absolute atomic E-state index is 0.520. The quantitative estimate of drug-likeness (QED) is 0.284. The Bertz CT molecular complexity index is 297. The maximum atomic E-state index is 10.1. The zero-order valence-corrected chi connectivity index (χ0v) is 10.5. The average Bonchev–Trinajstić information content (AvgIpc) is 2.28.